The van der Waals surface area contributed by atoms with Crippen molar-refractivity contribution in [2.24, 2.45) is 0 Å². The lowest BCUT2D eigenvalue weighted by atomic mass is 10.1. The van der Waals surface area contributed by atoms with Crippen LogP contribution >= 0.6 is 7.82 Å². The summed E-state index contributed by atoms with van der Waals surface area (Å²) in [6, 6.07) is 0. The van der Waals surface area contributed by atoms with Gasteiger partial charge in [-0.3, -0.25) is 18.6 Å². The van der Waals surface area contributed by atoms with Crippen molar-refractivity contribution in [3.8, 4) is 0 Å². The number of carbonyl (C=O) groups excluding carboxylic acids is 2. The lowest BCUT2D eigenvalue weighted by Gasteiger charge is -2.15. The molecule has 0 saturated carbocycles. The molecule has 9 nitrogen and oxygen atoms in total. The summed E-state index contributed by atoms with van der Waals surface area (Å²) < 4.78 is 26.0. The fraction of sp³-hybridized carbons (Fsp3) is 0.588. The van der Waals surface area contributed by atoms with Crippen molar-refractivity contribution in [1.82, 2.24) is 5.32 Å². The molecular formula is C34H56NO8P. The maximum absolute atomic E-state index is 11.9. The number of nitrogens with one attached hydrogen (secondary N) is 1. The van der Waals surface area contributed by atoms with Crippen LogP contribution in [0, 0.1) is 0 Å². The second-order valence-corrected chi connectivity index (χ2v) is 11.5. The molecular weight excluding hydrogens is 581 g/mol. The van der Waals surface area contributed by atoms with E-state index in [0.29, 0.717) is 6.42 Å². The zero-order valence-electron chi connectivity index (χ0n) is 26.8. The second kappa shape index (κ2) is 30.5. The number of rotatable bonds is 28. The van der Waals surface area contributed by atoms with Crippen molar-refractivity contribution in [1.29, 1.82) is 0 Å². The quantitative estimate of drug-likeness (QED) is 0.0346. The smallest absolute Gasteiger partial charge is 0.463 e. The van der Waals surface area contributed by atoms with E-state index >= 15 is 0 Å². The molecule has 0 saturated heterocycles. The molecule has 250 valence electrons. The van der Waals surface area contributed by atoms with E-state index in [-0.39, 0.29) is 32.1 Å². The molecule has 0 bridgehead atoms. The van der Waals surface area contributed by atoms with Gasteiger partial charge in [0.1, 0.15) is 12.7 Å². The standard InChI is InChI=1S/C34H56NO8P/c1-3-5-6-7-8-9-10-11-12-13-14-15-16-17-18-19-20-21-22-23-24-25-26-27-33(37)35-28-29-42-44(39,40)43-31-32(36)30-41-34(38)4-2/h5-6,8-9,11-12,14-15,17-18,20-21,32,36H,3-4,7,10,13,16,19,22-31H2,1-2H3,(H,35,37)(H,39,40)/b6-5-,9-8-,12-11-,15-14-,18-17-,21-20-. The third-order valence-corrected chi connectivity index (χ3v) is 6.94. The van der Waals surface area contributed by atoms with Crippen LogP contribution in [0.5, 0.6) is 0 Å². The summed E-state index contributed by atoms with van der Waals surface area (Å²) in [6.07, 6.45) is 36.5. The summed E-state index contributed by atoms with van der Waals surface area (Å²) in [6.45, 7) is 2.72. The highest BCUT2D eigenvalue weighted by molar-refractivity contribution is 7.47. The third kappa shape index (κ3) is 30.9. The summed E-state index contributed by atoms with van der Waals surface area (Å²) >= 11 is 0. The number of amides is 1. The average molecular weight is 638 g/mol. The molecule has 0 aromatic rings. The highest BCUT2D eigenvalue weighted by atomic mass is 31.2. The number of unbranched alkanes of at least 4 members (excludes halogenated alkanes) is 4. The van der Waals surface area contributed by atoms with E-state index < -0.39 is 26.5 Å². The molecule has 2 unspecified atom stereocenters. The number of allylic oxidation sites excluding steroid dienone is 12. The monoisotopic (exact) mass is 637 g/mol. The minimum atomic E-state index is -4.39. The first-order chi connectivity index (χ1) is 21.3. The number of aliphatic hydroxyl groups is 1. The minimum Gasteiger partial charge on any atom is -0.463 e. The Balaban J connectivity index is 3.64. The zero-order valence-corrected chi connectivity index (χ0v) is 27.7. The first-order valence-electron chi connectivity index (χ1n) is 15.9. The molecule has 10 heteroatoms. The SMILES string of the molecule is CC/C=C\C/C=C\C/C=C\C/C=C\C/C=C\C/C=C\CCCCCCC(=O)NCCOP(=O)(O)OCC(O)COC(=O)CC. The molecule has 0 fully saturated rings. The van der Waals surface area contributed by atoms with Crippen LogP contribution in [0.3, 0.4) is 0 Å². The zero-order chi connectivity index (χ0) is 32.6. The van der Waals surface area contributed by atoms with Gasteiger partial charge in [-0.05, 0) is 57.8 Å². The first-order valence-corrected chi connectivity index (χ1v) is 17.4. The number of esters is 1. The Morgan fingerprint density at radius 3 is 1.80 bits per heavy atom. The second-order valence-electron chi connectivity index (χ2n) is 10.0. The van der Waals surface area contributed by atoms with E-state index in [1.165, 1.54) is 0 Å². The van der Waals surface area contributed by atoms with Gasteiger partial charge in [-0.25, -0.2) is 4.57 Å². The van der Waals surface area contributed by atoms with Crippen LogP contribution in [-0.4, -0.2) is 54.3 Å². The lowest BCUT2D eigenvalue weighted by Crippen LogP contribution is -2.27. The molecule has 0 aliphatic rings. The fourth-order valence-corrected chi connectivity index (χ4v) is 4.29. The molecule has 0 spiro atoms. The lowest BCUT2D eigenvalue weighted by molar-refractivity contribution is -0.146. The average Bonchev–Trinajstić information content (AvgIpc) is 3.01. The van der Waals surface area contributed by atoms with Crippen LogP contribution in [0.4, 0.5) is 0 Å². The van der Waals surface area contributed by atoms with Gasteiger partial charge >= 0.3 is 13.8 Å². The predicted octanol–water partition coefficient (Wildman–Crippen LogP) is 7.59. The molecule has 0 aromatic heterocycles. The number of hydrogen-bond acceptors (Lipinski definition) is 7. The van der Waals surface area contributed by atoms with Gasteiger partial charge in [0.15, 0.2) is 0 Å². The van der Waals surface area contributed by atoms with Crippen molar-refractivity contribution in [2.45, 2.75) is 103 Å². The molecule has 44 heavy (non-hydrogen) atoms. The summed E-state index contributed by atoms with van der Waals surface area (Å²) in [5.41, 5.74) is 0. The Hall–Kier alpha value is -2.55. The fourth-order valence-electron chi connectivity index (χ4n) is 3.54. The molecule has 0 aliphatic heterocycles. The van der Waals surface area contributed by atoms with Crippen LogP contribution in [0.1, 0.15) is 97.3 Å². The number of carbonyl (C=O) groups is 2. The summed E-state index contributed by atoms with van der Waals surface area (Å²) in [5.74, 6) is -0.642. The van der Waals surface area contributed by atoms with Gasteiger partial charge in [0.25, 0.3) is 0 Å². The number of phosphoric ester groups is 1. The van der Waals surface area contributed by atoms with Crippen LogP contribution in [0.25, 0.3) is 0 Å². The van der Waals surface area contributed by atoms with E-state index in [4.69, 9.17) is 9.26 Å². The van der Waals surface area contributed by atoms with Gasteiger partial charge in [0.05, 0.1) is 13.2 Å². The molecule has 2 atom stereocenters. The van der Waals surface area contributed by atoms with Crippen molar-refractivity contribution in [2.75, 3.05) is 26.4 Å². The Bertz CT molecular complexity index is 955. The Kier molecular flexibility index (Phi) is 28.7. The molecule has 1 amide bonds. The molecule has 0 rings (SSSR count). The van der Waals surface area contributed by atoms with Gasteiger partial charge in [-0.1, -0.05) is 99.6 Å². The number of hydrogen-bond donors (Lipinski definition) is 3. The molecule has 0 heterocycles. The van der Waals surface area contributed by atoms with E-state index in [9.17, 15) is 24.2 Å². The van der Waals surface area contributed by atoms with Gasteiger partial charge in [0.2, 0.25) is 5.91 Å². The first kappa shape index (κ1) is 41.4. The van der Waals surface area contributed by atoms with E-state index in [0.717, 1.165) is 70.6 Å². The molecule has 0 radical (unpaired) electrons. The van der Waals surface area contributed by atoms with Gasteiger partial charge < -0.3 is 20.1 Å². The van der Waals surface area contributed by atoms with Gasteiger partial charge in [0, 0.05) is 19.4 Å². The van der Waals surface area contributed by atoms with Gasteiger partial charge in [-0.2, -0.15) is 0 Å². The van der Waals surface area contributed by atoms with Crippen molar-refractivity contribution < 1.29 is 37.9 Å². The van der Waals surface area contributed by atoms with E-state index in [1.54, 1.807) is 6.92 Å². The maximum Gasteiger partial charge on any atom is 0.472 e. The van der Waals surface area contributed by atoms with Crippen LogP contribution in [0.2, 0.25) is 0 Å². The number of phosphoric acid groups is 1. The summed E-state index contributed by atoms with van der Waals surface area (Å²) in [4.78, 5) is 32.6. The van der Waals surface area contributed by atoms with Crippen molar-refractivity contribution in [3.63, 3.8) is 0 Å². The minimum absolute atomic E-state index is 0.0616. The molecule has 3 N–H and O–H groups in total. The van der Waals surface area contributed by atoms with E-state index in [1.807, 2.05) is 0 Å². The molecule has 0 aliphatic carbocycles. The van der Waals surface area contributed by atoms with Crippen LogP contribution in [-0.2, 0) is 27.9 Å². The van der Waals surface area contributed by atoms with Crippen LogP contribution in [0.15, 0.2) is 72.9 Å². The van der Waals surface area contributed by atoms with Gasteiger partial charge in [-0.15, -0.1) is 0 Å². The van der Waals surface area contributed by atoms with Crippen molar-refractivity contribution in [3.05, 3.63) is 72.9 Å². The predicted molar refractivity (Wildman–Crippen MR) is 178 cm³/mol. The van der Waals surface area contributed by atoms with Crippen LogP contribution < -0.4 is 5.32 Å². The molecule has 0 aromatic carbocycles. The summed E-state index contributed by atoms with van der Waals surface area (Å²) in [7, 11) is -4.39. The summed E-state index contributed by atoms with van der Waals surface area (Å²) in [5, 5.41) is 12.2. The largest absolute Gasteiger partial charge is 0.472 e. The highest BCUT2D eigenvalue weighted by Crippen LogP contribution is 2.42. The highest BCUT2D eigenvalue weighted by Gasteiger charge is 2.23. The Labute approximate surface area is 265 Å². The van der Waals surface area contributed by atoms with E-state index in [2.05, 4.69) is 89.7 Å². The maximum atomic E-state index is 11.9. The topological polar surface area (TPSA) is 131 Å². The number of ether oxygens (including phenoxy) is 1. The number of aliphatic hydroxyl groups excluding tert-OH is 1. The normalized spacial score (nSPS) is 14.5. The Morgan fingerprint density at radius 1 is 0.727 bits per heavy atom. The third-order valence-electron chi connectivity index (χ3n) is 5.96. The Morgan fingerprint density at radius 2 is 1.25 bits per heavy atom. The van der Waals surface area contributed by atoms with Crippen molar-refractivity contribution >= 4 is 19.7 Å².